The number of amides is 2. The Morgan fingerprint density at radius 2 is 2.00 bits per heavy atom. The van der Waals surface area contributed by atoms with Crippen LogP contribution in [0.25, 0.3) is 0 Å². The smallest absolute Gasteiger partial charge is 0.274 e. The number of rotatable bonds is 5. The Morgan fingerprint density at radius 1 is 1.23 bits per heavy atom. The Labute approximate surface area is 155 Å². The zero-order valence-electron chi connectivity index (χ0n) is 14.2. The van der Waals surface area contributed by atoms with E-state index < -0.39 is 0 Å². The highest BCUT2D eigenvalue weighted by molar-refractivity contribution is 6.31. The third kappa shape index (κ3) is 4.02. The SMILES string of the molecule is COc1ccc(Cl)cc1NC(=O)c1cc(N2CCN(C=O)CC2)ncn1. The Morgan fingerprint density at radius 3 is 2.69 bits per heavy atom. The molecule has 0 atom stereocenters. The number of halogens is 1. The second-order valence-corrected chi connectivity index (χ2v) is 6.13. The second kappa shape index (κ2) is 8.01. The molecule has 0 saturated carbocycles. The average molecular weight is 376 g/mol. The summed E-state index contributed by atoms with van der Waals surface area (Å²) in [4.78, 5) is 35.4. The first-order chi connectivity index (χ1) is 12.6. The highest BCUT2D eigenvalue weighted by atomic mass is 35.5. The van der Waals surface area contributed by atoms with E-state index in [1.807, 2.05) is 4.90 Å². The van der Waals surface area contributed by atoms with Crippen molar-refractivity contribution in [2.75, 3.05) is 43.5 Å². The molecule has 1 aromatic heterocycles. The van der Waals surface area contributed by atoms with Crippen molar-refractivity contribution in [1.82, 2.24) is 14.9 Å². The molecular formula is C17H18ClN5O3. The largest absolute Gasteiger partial charge is 0.495 e. The summed E-state index contributed by atoms with van der Waals surface area (Å²) in [7, 11) is 1.51. The van der Waals surface area contributed by atoms with E-state index in [0.717, 1.165) is 6.41 Å². The summed E-state index contributed by atoms with van der Waals surface area (Å²) in [5.41, 5.74) is 0.694. The molecule has 8 nitrogen and oxygen atoms in total. The molecule has 1 aromatic carbocycles. The minimum atomic E-state index is -0.388. The van der Waals surface area contributed by atoms with Crippen molar-refractivity contribution in [3.63, 3.8) is 0 Å². The van der Waals surface area contributed by atoms with E-state index in [2.05, 4.69) is 15.3 Å². The Bertz CT molecular complexity index is 809. The van der Waals surface area contributed by atoms with Gasteiger partial charge in [-0.3, -0.25) is 9.59 Å². The number of hydrogen-bond acceptors (Lipinski definition) is 6. The van der Waals surface area contributed by atoms with Crippen molar-refractivity contribution in [3.05, 3.63) is 41.3 Å². The molecule has 9 heteroatoms. The highest BCUT2D eigenvalue weighted by Gasteiger charge is 2.19. The van der Waals surface area contributed by atoms with Gasteiger partial charge in [0.2, 0.25) is 6.41 Å². The van der Waals surface area contributed by atoms with E-state index in [0.29, 0.717) is 48.5 Å². The third-order valence-electron chi connectivity index (χ3n) is 4.08. The first kappa shape index (κ1) is 17.9. The van der Waals surface area contributed by atoms with Crippen LogP contribution in [0.5, 0.6) is 5.75 Å². The molecule has 1 aliphatic rings. The number of carbonyl (C=O) groups excluding carboxylic acids is 2. The van der Waals surface area contributed by atoms with Gasteiger partial charge in [0.05, 0.1) is 12.8 Å². The number of nitrogens with one attached hydrogen (secondary N) is 1. The minimum Gasteiger partial charge on any atom is -0.495 e. The molecule has 1 saturated heterocycles. The number of hydrogen-bond donors (Lipinski definition) is 1. The van der Waals surface area contributed by atoms with Crippen LogP contribution in [-0.2, 0) is 4.79 Å². The molecule has 2 amide bonds. The lowest BCUT2D eigenvalue weighted by Gasteiger charge is -2.33. The summed E-state index contributed by atoms with van der Waals surface area (Å²) in [6, 6.07) is 6.59. The Balaban J connectivity index is 1.75. The third-order valence-corrected chi connectivity index (χ3v) is 4.32. The van der Waals surface area contributed by atoms with Gasteiger partial charge in [-0.1, -0.05) is 11.6 Å². The Kier molecular flexibility index (Phi) is 5.52. The van der Waals surface area contributed by atoms with Crippen LogP contribution in [0.1, 0.15) is 10.5 Å². The van der Waals surface area contributed by atoms with Crippen LogP contribution in [0.2, 0.25) is 5.02 Å². The van der Waals surface area contributed by atoms with E-state index in [9.17, 15) is 9.59 Å². The summed E-state index contributed by atoms with van der Waals surface area (Å²) in [6.45, 7) is 2.54. The van der Waals surface area contributed by atoms with Crippen molar-refractivity contribution in [1.29, 1.82) is 0 Å². The molecule has 1 aliphatic heterocycles. The van der Waals surface area contributed by atoms with E-state index in [1.165, 1.54) is 13.4 Å². The highest BCUT2D eigenvalue weighted by Crippen LogP contribution is 2.28. The maximum Gasteiger partial charge on any atom is 0.274 e. The van der Waals surface area contributed by atoms with Crippen LogP contribution in [0.15, 0.2) is 30.6 Å². The molecule has 0 unspecified atom stereocenters. The van der Waals surface area contributed by atoms with E-state index in [1.54, 1.807) is 29.2 Å². The molecule has 0 spiro atoms. The van der Waals surface area contributed by atoms with Crippen LogP contribution < -0.4 is 15.0 Å². The quantitative estimate of drug-likeness (QED) is 0.800. The molecule has 26 heavy (non-hydrogen) atoms. The van der Waals surface area contributed by atoms with E-state index >= 15 is 0 Å². The molecule has 0 bridgehead atoms. The molecule has 0 radical (unpaired) electrons. The van der Waals surface area contributed by atoms with Crippen molar-refractivity contribution in [2.24, 2.45) is 0 Å². The molecule has 2 aromatic rings. The summed E-state index contributed by atoms with van der Waals surface area (Å²) in [6.07, 6.45) is 2.19. The fraction of sp³-hybridized carbons (Fsp3) is 0.294. The molecule has 2 heterocycles. The monoisotopic (exact) mass is 375 g/mol. The second-order valence-electron chi connectivity index (χ2n) is 5.69. The van der Waals surface area contributed by atoms with Gasteiger partial charge in [0.1, 0.15) is 23.6 Å². The fourth-order valence-electron chi connectivity index (χ4n) is 2.66. The van der Waals surface area contributed by atoms with Gasteiger partial charge < -0.3 is 19.9 Å². The normalized spacial score (nSPS) is 14.1. The standard InChI is InChI=1S/C17H18ClN5O3/c1-26-15-3-2-12(18)8-13(15)21-17(25)14-9-16(20-10-19-14)23-6-4-22(11-24)5-7-23/h2-3,8-11H,4-7H2,1H3,(H,21,25). The van der Waals surface area contributed by atoms with Crippen molar-refractivity contribution in [2.45, 2.75) is 0 Å². The number of aromatic nitrogens is 2. The van der Waals surface area contributed by atoms with E-state index in [4.69, 9.17) is 16.3 Å². The van der Waals surface area contributed by atoms with Crippen molar-refractivity contribution < 1.29 is 14.3 Å². The van der Waals surface area contributed by atoms with Crippen molar-refractivity contribution >= 4 is 35.4 Å². The molecule has 136 valence electrons. The van der Waals surface area contributed by atoms with Crippen LogP contribution in [0.4, 0.5) is 11.5 Å². The summed E-state index contributed by atoms with van der Waals surface area (Å²) in [5, 5.41) is 3.24. The van der Waals surface area contributed by atoms with Crippen LogP contribution in [0, 0.1) is 0 Å². The lowest BCUT2D eigenvalue weighted by molar-refractivity contribution is -0.118. The maximum absolute atomic E-state index is 12.6. The van der Waals surface area contributed by atoms with Gasteiger partial charge in [-0.05, 0) is 18.2 Å². The number of nitrogens with zero attached hydrogens (tertiary/aromatic N) is 4. The lowest BCUT2D eigenvalue weighted by atomic mass is 10.2. The fourth-order valence-corrected chi connectivity index (χ4v) is 2.84. The first-order valence-corrected chi connectivity index (χ1v) is 8.39. The number of benzene rings is 1. The average Bonchev–Trinajstić information content (AvgIpc) is 2.68. The molecule has 3 rings (SSSR count). The van der Waals surface area contributed by atoms with Gasteiger partial charge in [-0.15, -0.1) is 0 Å². The van der Waals surface area contributed by atoms with Crippen LogP contribution >= 0.6 is 11.6 Å². The number of methoxy groups -OCH3 is 1. The van der Waals surface area contributed by atoms with Gasteiger partial charge >= 0.3 is 0 Å². The Hall–Kier alpha value is -2.87. The first-order valence-electron chi connectivity index (χ1n) is 8.02. The number of anilines is 2. The molecule has 1 N–H and O–H groups in total. The maximum atomic E-state index is 12.6. The lowest BCUT2D eigenvalue weighted by Crippen LogP contribution is -2.46. The summed E-state index contributed by atoms with van der Waals surface area (Å²) < 4.78 is 5.23. The number of carbonyl (C=O) groups is 2. The van der Waals surface area contributed by atoms with Crippen LogP contribution in [0.3, 0.4) is 0 Å². The number of piperazine rings is 1. The topological polar surface area (TPSA) is 87.7 Å². The van der Waals surface area contributed by atoms with Gasteiger partial charge in [-0.2, -0.15) is 0 Å². The predicted octanol–water partition coefficient (Wildman–Crippen LogP) is 1.67. The van der Waals surface area contributed by atoms with Gasteiger partial charge in [-0.25, -0.2) is 9.97 Å². The zero-order valence-corrected chi connectivity index (χ0v) is 14.9. The van der Waals surface area contributed by atoms with Crippen LogP contribution in [-0.4, -0.2) is 60.5 Å². The molecule has 1 fully saturated rings. The van der Waals surface area contributed by atoms with E-state index in [-0.39, 0.29) is 11.6 Å². The number of ether oxygens (including phenoxy) is 1. The summed E-state index contributed by atoms with van der Waals surface area (Å²) in [5.74, 6) is 0.761. The molecular weight excluding hydrogens is 358 g/mol. The van der Waals surface area contributed by atoms with Gasteiger partial charge in [0.15, 0.2) is 0 Å². The zero-order chi connectivity index (χ0) is 18.5. The van der Waals surface area contributed by atoms with Crippen molar-refractivity contribution in [3.8, 4) is 5.75 Å². The minimum absolute atomic E-state index is 0.231. The predicted molar refractivity (Wildman–Crippen MR) is 97.8 cm³/mol. The summed E-state index contributed by atoms with van der Waals surface area (Å²) >= 11 is 5.99. The van der Waals surface area contributed by atoms with Gasteiger partial charge in [0.25, 0.3) is 5.91 Å². The van der Waals surface area contributed by atoms with Gasteiger partial charge in [0, 0.05) is 37.3 Å². The molecule has 0 aliphatic carbocycles.